The lowest BCUT2D eigenvalue weighted by molar-refractivity contribution is -0.139. The zero-order valence-electron chi connectivity index (χ0n) is 14.7. The molecule has 0 fully saturated rings. The number of nitrogens with two attached hydrogens (primary N) is 1. The van der Waals surface area contributed by atoms with E-state index in [4.69, 9.17) is 20.7 Å². The molecule has 2 atom stereocenters. The van der Waals surface area contributed by atoms with E-state index in [1.54, 1.807) is 12.2 Å². The van der Waals surface area contributed by atoms with E-state index in [1.807, 2.05) is 48.6 Å². The zero-order valence-corrected chi connectivity index (χ0v) is 14.7. The number of carbonyl (C=O) groups excluding carboxylic acids is 1. The summed E-state index contributed by atoms with van der Waals surface area (Å²) >= 11 is 0. The van der Waals surface area contributed by atoms with E-state index in [2.05, 4.69) is 13.2 Å². The van der Waals surface area contributed by atoms with E-state index in [0.717, 1.165) is 5.56 Å². The molecule has 0 saturated carbocycles. The van der Waals surface area contributed by atoms with Crippen molar-refractivity contribution in [3.8, 4) is 0 Å². The number of benzene rings is 1. The van der Waals surface area contributed by atoms with E-state index >= 15 is 0 Å². The minimum Gasteiger partial charge on any atom is -0.480 e. The number of ether oxygens (including phenoxy) is 1. The molecule has 0 saturated heterocycles. The number of aliphatic carboxylic acids is 1. The molecule has 0 aliphatic rings. The molecule has 1 rings (SSSR count). The van der Waals surface area contributed by atoms with Gasteiger partial charge in [0.25, 0.3) is 0 Å². The number of carbonyl (C=O) groups is 2. The summed E-state index contributed by atoms with van der Waals surface area (Å²) in [5, 5.41) is 15.9. The van der Waals surface area contributed by atoms with Gasteiger partial charge < -0.3 is 20.7 Å². The molecule has 0 heterocycles. The van der Waals surface area contributed by atoms with Gasteiger partial charge in [0.15, 0.2) is 0 Å². The van der Waals surface area contributed by atoms with E-state index in [1.165, 1.54) is 7.11 Å². The van der Waals surface area contributed by atoms with Crippen LogP contribution in [0.3, 0.4) is 0 Å². The number of carboxylic acids is 1. The number of aliphatic hydroxyl groups is 1. The lowest BCUT2D eigenvalue weighted by Gasteiger charge is -2.09. The van der Waals surface area contributed by atoms with Gasteiger partial charge in [0.05, 0.1) is 13.7 Å². The summed E-state index contributed by atoms with van der Waals surface area (Å²) in [7, 11) is 1.35. The summed E-state index contributed by atoms with van der Waals surface area (Å²) in [5.41, 5.74) is 6.23. The number of hydrogen-bond donors (Lipinski definition) is 3. The van der Waals surface area contributed by atoms with Gasteiger partial charge in [0.1, 0.15) is 6.04 Å². The van der Waals surface area contributed by atoms with Gasteiger partial charge in [-0.1, -0.05) is 73.9 Å². The first kappa shape index (κ1) is 23.0. The van der Waals surface area contributed by atoms with Crippen molar-refractivity contribution in [3.63, 3.8) is 0 Å². The smallest absolute Gasteiger partial charge is 0.334 e. The maximum Gasteiger partial charge on any atom is 0.334 e. The predicted octanol–water partition coefficient (Wildman–Crippen LogP) is 2.18. The fraction of sp³-hybridized carbons (Fsp3) is 0.200. The summed E-state index contributed by atoms with van der Waals surface area (Å²) in [6.07, 6.45) is 9.16. The van der Waals surface area contributed by atoms with Crippen molar-refractivity contribution in [2.75, 3.05) is 13.7 Å². The van der Waals surface area contributed by atoms with Crippen molar-refractivity contribution >= 4 is 18.0 Å². The third-order valence-corrected chi connectivity index (χ3v) is 3.11. The topological polar surface area (TPSA) is 110 Å². The van der Waals surface area contributed by atoms with Gasteiger partial charge in [-0.3, -0.25) is 4.79 Å². The number of allylic oxidation sites excluding steroid dienone is 4. The number of hydrogen-bond acceptors (Lipinski definition) is 5. The fourth-order valence-electron chi connectivity index (χ4n) is 1.62. The van der Waals surface area contributed by atoms with Crippen molar-refractivity contribution in [3.05, 3.63) is 78.9 Å². The number of methoxy groups -OCH3 is 1. The van der Waals surface area contributed by atoms with Crippen LogP contribution in [0.5, 0.6) is 0 Å². The molecule has 4 N–H and O–H groups in total. The van der Waals surface area contributed by atoms with Crippen molar-refractivity contribution in [1.29, 1.82) is 0 Å². The third-order valence-electron chi connectivity index (χ3n) is 3.11. The van der Waals surface area contributed by atoms with Gasteiger partial charge in [-0.05, 0) is 5.56 Å². The molecule has 1 aromatic rings. The Bertz CT molecular complexity index is 649. The van der Waals surface area contributed by atoms with Crippen molar-refractivity contribution < 1.29 is 24.5 Å². The monoisotopic (exact) mass is 359 g/mol. The minimum absolute atomic E-state index is 0.203. The Balaban J connectivity index is 0.000000758. The largest absolute Gasteiger partial charge is 0.480 e. The highest BCUT2D eigenvalue weighted by molar-refractivity contribution is 5.89. The molecule has 0 radical (unpaired) electrons. The van der Waals surface area contributed by atoms with E-state index in [0.29, 0.717) is 5.57 Å². The Morgan fingerprint density at radius 1 is 1.27 bits per heavy atom. The lowest BCUT2D eigenvalue weighted by Crippen LogP contribution is -2.33. The van der Waals surface area contributed by atoms with E-state index < -0.39 is 24.6 Å². The van der Waals surface area contributed by atoms with Crippen molar-refractivity contribution in [1.82, 2.24) is 0 Å². The highest BCUT2D eigenvalue weighted by Crippen LogP contribution is 2.16. The van der Waals surface area contributed by atoms with Crippen LogP contribution >= 0.6 is 0 Å². The second-order valence-electron chi connectivity index (χ2n) is 5.06. The molecule has 0 bridgehead atoms. The molecular weight excluding hydrogens is 334 g/mol. The highest BCUT2D eigenvalue weighted by atomic mass is 16.5. The average molecular weight is 359 g/mol. The summed E-state index contributed by atoms with van der Waals surface area (Å²) in [6.45, 7) is 6.89. The molecule has 0 amide bonds. The molecule has 0 spiro atoms. The highest BCUT2D eigenvalue weighted by Gasteiger charge is 2.14. The molecule has 0 aromatic heterocycles. The molecule has 140 valence electrons. The van der Waals surface area contributed by atoms with Crippen LogP contribution in [-0.4, -0.2) is 41.9 Å². The molecule has 26 heavy (non-hydrogen) atoms. The summed E-state index contributed by atoms with van der Waals surface area (Å²) in [6, 6.07) is 8.74. The molecule has 1 aromatic carbocycles. The van der Waals surface area contributed by atoms with Gasteiger partial charge >= 0.3 is 11.9 Å². The molecule has 6 nitrogen and oxygen atoms in total. The second kappa shape index (κ2) is 13.3. The lowest BCUT2D eigenvalue weighted by atomic mass is 9.98. The van der Waals surface area contributed by atoms with Crippen LogP contribution in [0.4, 0.5) is 0 Å². The minimum atomic E-state index is -1.18. The molecule has 6 heteroatoms. The summed E-state index contributed by atoms with van der Waals surface area (Å²) in [5.74, 6) is -1.79. The normalized spacial score (nSPS) is 12.7. The zero-order chi connectivity index (χ0) is 19.9. The molecular formula is C20H25NO5. The first-order chi connectivity index (χ1) is 12.4. The third kappa shape index (κ3) is 9.36. The number of rotatable bonds is 8. The number of esters is 1. The molecule has 0 aliphatic carbocycles. The van der Waals surface area contributed by atoms with Crippen LogP contribution in [0.25, 0.3) is 6.08 Å². The Labute approximate surface area is 153 Å². The van der Waals surface area contributed by atoms with Gasteiger partial charge in [-0.15, -0.1) is 0 Å². The summed E-state index contributed by atoms with van der Waals surface area (Å²) in [4.78, 5) is 21.2. The molecule has 1 unspecified atom stereocenters. The summed E-state index contributed by atoms with van der Waals surface area (Å²) < 4.78 is 4.69. The standard InChI is InChI=1S/C17H18O2.C3H7NO3/c1-4-5-11-16(14(2)17(18)19-3)13-12-15-9-7-6-8-10-15;4-2(1-5)3(6)7/h4-13,16H,1-2H2,3H3;2,5H,1,4H2,(H,6,7)/t;2-/m.0/s1. The van der Waals surface area contributed by atoms with Crippen molar-refractivity contribution in [2.24, 2.45) is 11.7 Å². The number of carboxylic acid groups (broad SMARTS) is 1. The van der Waals surface area contributed by atoms with Crippen LogP contribution in [0.15, 0.2) is 73.4 Å². The van der Waals surface area contributed by atoms with Gasteiger partial charge in [0, 0.05) is 11.5 Å². The maximum atomic E-state index is 11.5. The SMILES string of the molecule is C=CC=CC(C=Cc1ccccc1)C(=C)C(=O)OC.N[C@@H](CO)C(=O)O. The van der Waals surface area contributed by atoms with Crippen LogP contribution in [0.2, 0.25) is 0 Å². The van der Waals surface area contributed by atoms with E-state index in [9.17, 15) is 9.59 Å². The van der Waals surface area contributed by atoms with Crippen LogP contribution in [-0.2, 0) is 14.3 Å². The van der Waals surface area contributed by atoms with Crippen molar-refractivity contribution in [2.45, 2.75) is 6.04 Å². The molecule has 0 aliphatic heterocycles. The Morgan fingerprint density at radius 3 is 2.31 bits per heavy atom. The van der Waals surface area contributed by atoms with Crippen LogP contribution in [0.1, 0.15) is 5.56 Å². The first-order valence-corrected chi connectivity index (χ1v) is 7.76. The van der Waals surface area contributed by atoms with Gasteiger partial charge in [-0.25, -0.2) is 4.79 Å². The van der Waals surface area contributed by atoms with Crippen LogP contribution < -0.4 is 5.73 Å². The fourth-order valence-corrected chi connectivity index (χ4v) is 1.62. The Kier molecular flexibility index (Phi) is 11.8. The predicted molar refractivity (Wildman–Crippen MR) is 102 cm³/mol. The Morgan fingerprint density at radius 2 is 1.88 bits per heavy atom. The quantitative estimate of drug-likeness (QED) is 0.373. The van der Waals surface area contributed by atoms with E-state index in [-0.39, 0.29) is 5.92 Å². The first-order valence-electron chi connectivity index (χ1n) is 7.76. The Hall–Kier alpha value is -2.96. The van der Waals surface area contributed by atoms with Gasteiger partial charge in [0.2, 0.25) is 0 Å². The average Bonchev–Trinajstić information content (AvgIpc) is 2.67. The maximum absolute atomic E-state index is 11.5. The number of aliphatic hydroxyl groups excluding tert-OH is 1. The van der Waals surface area contributed by atoms with Gasteiger partial charge in [-0.2, -0.15) is 0 Å². The second-order valence-corrected chi connectivity index (χ2v) is 5.06. The van der Waals surface area contributed by atoms with Crippen LogP contribution in [0, 0.1) is 5.92 Å².